The van der Waals surface area contributed by atoms with Crippen molar-refractivity contribution in [2.45, 2.75) is 50.8 Å². The van der Waals surface area contributed by atoms with Gasteiger partial charge in [0.05, 0.1) is 6.61 Å². The van der Waals surface area contributed by atoms with E-state index in [1.165, 1.54) is 13.0 Å². The molecule has 2 atom stereocenters. The van der Waals surface area contributed by atoms with E-state index in [2.05, 4.69) is 25.4 Å². The fourth-order valence-corrected chi connectivity index (χ4v) is 3.21. The van der Waals surface area contributed by atoms with Crippen LogP contribution in [-0.4, -0.2) is 27.8 Å². The lowest BCUT2D eigenvalue weighted by molar-refractivity contribution is -0.183. The lowest BCUT2D eigenvalue weighted by Gasteiger charge is -2.38. The zero-order valence-corrected chi connectivity index (χ0v) is 17.0. The van der Waals surface area contributed by atoms with Crippen LogP contribution in [-0.2, 0) is 26.4 Å². The van der Waals surface area contributed by atoms with Gasteiger partial charge >= 0.3 is 11.9 Å². The minimum Gasteiger partial charge on any atom is -0.598 e. The van der Waals surface area contributed by atoms with Gasteiger partial charge in [0.25, 0.3) is 0 Å². The normalized spacial score (nSPS) is 16.2. The highest BCUT2D eigenvalue weighted by molar-refractivity contribution is 9.10. The number of hydrogen-bond acceptors (Lipinski definition) is 4. The average Bonchev–Trinajstić information content (AvgIpc) is 2.48. The summed E-state index contributed by atoms with van der Waals surface area (Å²) in [6, 6.07) is 3.44. The fraction of sp³-hybridized carbons (Fsp3) is 0.562. The molecule has 1 unspecified atom stereocenters. The van der Waals surface area contributed by atoms with Gasteiger partial charge in [0.2, 0.25) is 0 Å². The van der Waals surface area contributed by atoms with Crippen molar-refractivity contribution in [1.29, 1.82) is 0 Å². The molecule has 9 heteroatoms. The van der Waals surface area contributed by atoms with Gasteiger partial charge in [-0.1, -0.05) is 15.9 Å². The Bertz CT molecular complexity index is 640. The molecular weight excluding hydrogens is 423 g/mol. The Morgan fingerprint density at radius 3 is 2.36 bits per heavy atom. The van der Waals surface area contributed by atoms with Crippen LogP contribution in [0, 0.1) is 5.82 Å². The number of ether oxygens (including phenoxy) is 1. The molecule has 0 aromatic heterocycles. The third kappa shape index (κ3) is 4.69. The third-order valence-corrected chi connectivity index (χ3v) is 5.68. The van der Waals surface area contributed by atoms with Crippen LogP contribution < -0.4 is 4.72 Å². The SMILES string of the molecule is CCOC(=O)C(F)(F)C(C)(N[S@+]([O-])C(C)(C)C)c1cc(Br)ccc1F. The first kappa shape index (κ1) is 22.3. The number of hydrogen-bond donors (Lipinski definition) is 1. The number of carbonyl (C=O) groups is 1. The van der Waals surface area contributed by atoms with Gasteiger partial charge in [-0.05, 0) is 52.8 Å². The molecule has 0 spiro atoms. The minimum absolute atomic E-state index is 0.270. The summed E-state index contributed by atoms with van der Waals surface area (Å²) in [5.74, 6) is -6.96. The van der Waals surface area contributed by atoms with E-state index in [0.717, 1.165) is 19.1 Å². The maximum absolute atomic E-state index is 14.9. The molecule has 0 amide bonds. The maximum atomic E-state index is 14.9. The van der Waals surface area contributed by atoms with E-state index >= 15 is 0 Å². The van der Waals surface area contributed by atoms with E-state index in [4.69, 9.17) is 0 Å². The van der Waals surface area contributed by atoms with E-state index in [0.29, 0.717) is 4.47 Å². The molecule has 0 aliphatic rings. The first-order chi connectivity index (χ1) is 11.3. The van der Waals surface area contributed by atoms with Gasteiger partial charge in [-0.25, -0.2) is 9.18 Å². The predicted octanol–water partition coefficient (Wildman–Crippen LogP) is 4.05. The van der Waals surface area contributed by atoms with Crippen LogP contribution in [0.3, 0.4) is 0 Å². The maximum Gasteiger partial charge on any atom is 0.379 e. The minimum atomic E-state index is -4.18. The molecule has 0 saturated heterocycles. The highest BCUT2D eigenvalue weighted by atomic mass is 79.9. The number of carbonyl (C=O) groups excluding carboxylic acids is 1. The molecule has 0 heterocycles. The van der Waals surface area contributed by atoms with E-state index in [1.807, 2.05) is 0 Å². The summed E-state index contributed by atoms with van der Waals surface area (Å²) in [6.07, 6.45) is 0. The van der Waals surface area contributed by atoms with E-state index in [9.17, 15) is 22.5 Å². The van der Waals surface area contributed by atoms with Crippen LogP contribution in [0.5, 0.6) is 0 Å². The van der Waals surface area contributed by atoms with E-state index in [-0.39, 0.29) is 6.61 Å². The van der Waals surface area contributed by atoms with Gasteiger partial charge in [0.1, 0.15) is 10.6 Å². The van der Waals surface area contributed by atoms with Crippen molar-refractivity contribution in [1.82, 2.24) is 4.72 Å². The van der Waals surface area contributed by atoms with Gasteiger partial charge in [0.15, 0.2) is 5.54 Å². The number of esters is 1. The van der Waals surface area contributed by atoms with Crippen molar-refractivity contribution in [3.05, 3.63) is 34.1 Å². The van der Waals surface area contributed by atoms with Crippen molar-refractivity contribution in [2.75, 3.05) is 6.61 Å². The first-order valence-electron chi connectivity index (χ1n) is 7.47. The molecule has 4 nitrogen and oxygen atoms in total. The quantitative estimate of drug-likeness (QED) is 0.531. The zero-order chi connectivity index (χ0) is 19.6. The summed E-state index contributed by atoms with van der Waals surface area (Å²) in [5.41, 5.74) is -3.09. The topological polar surface area (TPSA) is 61.4 Å². The molecule has 0 aliphatic heterocycles. The van der Waals surface area contributed by atoms with Crippen molar-refractivity contribution in [3.8, 4) is 0 Å². The van der Waals surface area contributed by atoms with Crippen LogP contribution in [0.1, 0.15) is 40.2 Å². The van der Waals surface area contributed by atoms with Crippen LogP contribution in [0.25, 0.3) is 0 Å². The average molecular weight is 444 g/mol. The summed E-state index contributed by atoms with van der Waals surface area (Å²) in [5, 5.41) is 0. The molecule has 0 radical (unpaired) electrons. The van der Waals surface area contributed by atoms with Crippen molar-refractivity contribution in [2.24, 2.45) is 0 Å². The van der Waals surface area contributed by atoms with Gasteiger partial charge in [-0.3, -0.25) is 0 Å². The standard InChI is InChI=1S/C16H21BrF3NO3S/c1-6-24-13(22)16(19,20)15(5,21-25(23)14(2,3)4)11-9-10(17)7-8-12(11)18/h7-9,21H,6H2,1-5H3/t15?,25-/m1/s1. The van der Waals surface area contributed by atoms with Crippen LogP contribution >= 0.6 is 15.9 Å². The number of nitrogens with one attached hydrogen (secondary N) is 1. The van der Waals surface area contributed by atoms with Gasteiger partial charge < -0.3 is 9.29 Å². The highest BCUT2D eigenvalue weighted by Gasteiger charge is 2.62. The number of alkyl halides is 2. The van der Waals surface area contributed by atoms with Gasteiger partial charge in [-0.2, -0.15) is 8.78 Å². The second kappa shape index (κ2) is 7.85. The summed E-state index contributed by atoms with van der Waals surface area (Å²) < 4.78 is 62.8. The Balaban J connectivity index is 3.56. The Labute approximate surface area is 156 Å². The highest BCUT2D eigenvalue weighted by Crippen LogP contribution is 2.42. The largest absolute Gasteiger partial charge is 0.598 e. The Hall–Kier alpha value is -0.770. The number of halogens is 4. The van der Waals surface area contributed by atoms with Gasteiger partial charge in [-0.15, -0.1) is 4.72 Å². The Morgan fingerprint density at radius 1 is 1.32 bits per heavy atom. The molecule has 1 aromatic carbocycles. The first-order valence-corrected chi connectivity index (χ1v) is 9.42. The van der Waals surface area contributed by atoms with Gasteiger partial charge in [0, 0.05) is 21.4 Å². The third-order valence-electron chi connectivity index (χ3n) is 3.48. The molecule has 142 valence electrons. The smallest absolute Gasteiger partial charge is 0.379 e. The fourth-order valence-electron chi connectivity index (χ4n) is 1.93. The molecule has 0 fully saturated rings. The Morgan fingerprint density at radius 2 is 1.88 bits per heavy atom. The molecule has 0 aliphatic carbocycles. The zero-order valence-electron chi connectivity index (χ0n) is 14.6. The summed E-state index contributed by atoms with van der Waals surface area (Å²) >= 11 is 1.09. The summed E-state index contributed by atoms with van der Waals surface area (Å²) in [7, 11) is 0. The molecule has 1 aromatic rings. The molecule has 1 N–H and O–H groups in total. The Kier molecular flexibility index (Phi) is 7.00. The second-order valence-electron chi connectivity index (χ2n) is 6.53. The van der Waals surface area contributed by atoms with Crippen molar-refractivity contribution < 1.29 is 27.3 Å². The predicted molar refractivity (Wildman–Crippen MR) is 94.1 cm³/mol. The van der Waals surface area contributed by atoms with Crippen LogP contribution in [0.2, 0.25) is 0 Å². The molecule has 25 heavy (non-hydrogen) atoms. The van der Waals surface area contributed by atoms with E-state index in [1.54, 1.807) is 20.8 Å². The lowest BCUT2D eigenvalue weighted by atomic mass is 9.86. The number of rotatable bonds is 6. The van der Waals surface area contributed by atoms with E-state index < -0.39 is 44.9 Å². The molecule has 0 saturated carbocycles. The molecule has 1 rings (SSSR count). The molecular formula is C16H21BrF3NO3S. The second-order valence-corrected chi connectivity index (χ2v) is 9.41. The summed E-state index contributed by atoms with van der Waals surface area (Å²) in [4.78, 5) is 11.9. The number of benzene rings is 1. The van der Waals surface area contributed by atoms with Crippen molar-refractivity contribution >= 4 is 33.3 Å². The van der Waals surface area contributed by atoms with Crippen LogP contribution in [0.15, 0.2) is 22.7 Å². The molecule has 0 bridgehead atoms. The van der Waals surface area contributed by atoms with Crippen molar-refractivity contribution in [3.63, 3.8) is 0 Å². The van der Waals surface area contributed by atoms with Crippen LogP contribution in [0.4, 0.5) is 13.2 Å². The summed E-state index contributed by atoms with van der Waals surface area (Å²) in [6.45, 7) is 6.74. The lowest BCUT2D eigenvalue weighted by Crippen LogP contribution is -2.62. The monoisotopic (exact) mass is 443 g/mol.